The standard InChI is InChI=1S/C34H38N4O3S/c1-25-14-16-29(17-15-25)42(39,40)38-20-18-34-30-12-6-7-13-31(30)36(23-26-9-4-3-5-10-26)32(34)21-27(22-33(34)38)35-37-19-8-11-28(37)24-41-2/h3-7,9-10,12-17,22,28,32H,8,11,18-21,23-24H2,1-2H3/b35-27+/t28-,32+,34+/m1/s1. The number of anilines is 1. The van der Waals surface area contributed by atoms with Crippen LogP contribution in [0.5, 0.6) is 0 Å². The van der Waals surface area contributed by atoms with E-state index in [1.807, 2.05) is 25.1 Å². The predicted molar refractivity (Wildman–Crippen MR) is 166 cm³/mol. The van der Waals surface area contributed by atoms with Gasteiger partial charge in [0.05, 0.1) is 34.7 Å². The summed E-state index contributed by atoms with van der Waals surface area (Å²) < 4.78 is 35.7. The van der Waals surface area contributed by atoms with Crippen molar-refractivity contribution in [2.45, 2.75) is 61.5 Å². The summed E-state index contributed by atoms with van der Waals surface area (Å²) in [4.78, 5) is 2.84. The van der Waals surface area contributed by atoms with E-state index in [1.54, 1.807) is 23.5 Å². The summed E-state index contributed by atoms with van der Waals surface area (Å²) in [6.07, 6.45) is 5.71. The van der Waals surface area contributed by atoms with E-state index in [-0.39, 0.29) is 12.1 Å². The van der Waals surface area contributed by atoms with Gasteiger partial charge < -0.3 is 9.64 Å². The maximum absolute atomic E-state index is 14.3. The SMILES string of the molecule is COC[C@H]1CCCN1/N=C1/C=C2N(S(=O)(=O)c3ccc(C)cc3)CC[C@@]23c2ccccc2N(Cc2ccccc2)[C@H]3C1. The number of rotatable bonds is 7. The number of nitrogens with zero attached hydrogens (tertiary/aromatic N) is 4. The lowest BCUT2D eigenvalue weighted by atomic mass is 9.69. The summed E-state index contributed by atoms with van der Waals surface area (Å²) >= 11 is 0. The van der Waals surface area contributed by atoms with E-state index in [9.17, 15) is 8.42 Å². The predicted octanol–water partition coefficient (Wildman–Crippen LogP) is 5.47. The molecule has 2 saturated heterocycles. The molecule has 2 fully saturated rings. The monoisotopic (exact) mass is 582 g/mol. The number of methoxy groups -OCH3 is 1. The number of benzene rings is 3. The van der Waals surface area contributed by atoms with E-state index >= 15 is 0 Å². The molecule has 0 bridgehead atoms. The molecule has 218 valence electrons. The number of hydrazone groups is 1. The van der Waals surface area contributed by atoms with Crippen LogP contribution in [-0.2, 0) is 26.7 Å². The first-order chi connectivity index (χ1) is 20.4. The van der Waals surface area contributed by atoms with Gasteiger partial charge in [0.1, 0.15) is 0 Å². The molecule has 3 atom stereocenters. The highest BCUT2D eigenvalue weighted by Gasteiger charge is 2.60. The average Bonchev–Trinajstić information content (AvgIpc) is 3.68. The fraction of sp³-hybridized carbons (Fsp3) is 0.382. The van der Waals surface area contributed by atoms with Crippen LogP contribution in [0.1, 0.15) is 42.4 Å². The molecule has 3 aromatic carbocycles. The summed E-state index contributed by atoms with van der Waals surface area (Å²) in [5, 5.41) is 7.37. The minimum Gasteiger partial charge on any atom is -0.382 e. The van der Waals surface area contributed by atoms with Crippen LogP contribution in [0.2, 0.25) is 0 Å². The summed E-state index contributed by atoms with van der Waals surface area (Å²) in [6.45, 7) is 4.70. The number of ether oxygens (including phenoxy) is 1. The third-order valence-electron chi connectivity index (χ3n) is 9.55. The number of hydrogen-bond donors (Lipinski definition) is 0. The molecule has 0 unspecified atom stereocenters. The number of fused-ring (bicyclic) bond motifs is 1. The normalized spacial score (nSPS) is 25.9. The Bertz CT molecular complexity index is 1640. The van der Waals surface area contributed by atoms with Gasteiger partial charge in [-0.2, -0.15) is 5.10 Å². The minimum absolute atomic E-state index is 0.0514. The first-order valence-corrected chi connectivity index (χ1v) is 16.4. The molecule has 8 heteroatoms. The largest absolute Gasteiger partial charge is 0.382 e. The van der Waals surface area contributed by atoms with Gasteiger partial charge in [0.25, 0.3) is 10.0 Å². The smallest absolute Gasteiger partial charge is 0.264 e. The fourth-order valence-corrected chi connectivity index (χ4v) is 9.13. The maximum Gasteiger partial charge on any atom is 0.264 e. The summed E-state index contributed by atoms with van der Waals surface area (Å²) in [6, 6.07) is 26.7. The summed E-state index contributed by atoms with van der Waals surface area (Å²) in [5.41, 5.74) is 6.03. The number of para-hydroxylation sites is 1. The van der Waals surface area contributed by atoms with Gasteiger partial charge in [-0.15, -0.1) is 0 Å². The Balaban J connectivity index is 1.37. The molecule has 3 aromatic rings. The Labute approximate surface area is 249 Å². The van der Waals surface area contributed by atoms with Crippen molar-refractivity contribution in [1.29, 1.82) is 0 Å². The molecule has 0 aromatic heterocycles. The summed E-state index contributed by atoms with van der Waals surface area (Å²) in [7, 11) is -2.02. The van der Waals surface area contributed by atoms with Crippen LogP contribution < -0.4 is 4.90 Å². The van der Waals surface area contributed by atoms with Crippen LogP contribution in [0.4, 0.5) is 5.69 Å². The third-order valence-corrected chi connectivity index (χ3v) is 11.4. The molecular weight excluding hydrogens is 544 g/mol. The van der Waals surface area contributed by atoms with Crippen LogP contribution in [-0.4, -0.2) is 62.3 Å². The van der Waals surface area contributed by atoms with Gasteiger partial charge in [0, 0.05) is 44.5 Å². The Morgan fingerprint density at radius 1 is 0.976 bits per heavy atom. The van der Waals surface area contributed by atoms with E-state index in [0.29, 0.717) is 18.0 Å². The number of hydrogen-bond acceptors (Lipinski definition) is 6. The van der Waals surface area contributed by atoms with E-state index in [0.717, 1.165) is 55.7 Å². The zero-order chi connectivity index (χ0) is 28.9. The molecule has 3 aliphatic heterocycles. The van der Waals surface area contributed by atoms with E-state index in [1.165, 1.54) is 16.8 Å². The molecule has 0 radical (unpaired) electrons. The lowest BCUT2D eigenvalue weighted by Crippen LogP contribution is -2.49. The second kappa shape index (κ2) is 10.6. The van der Waals surface area contributed by atoms with Gasteiger partial charge in [-0.25, -0.2) is 8.42 Å². The van der Waals surface area contributed by atoms with Gasteiger partial charge in [0.2, 0.25) is 0 Å². The van der Waals surface area contributed by atoms with Crippen molar-refractivity contribution in [3.8, 4) is 0 Å². The lowest BCUT2D eigenvalue weighted by Gasteiger charge is -2.41. The topological polar surface area (TPSA) is 65.5 Å². The third kappa shape index (κ3) is 4.34. The van der Waals surface area contributed by atoms with Crippen LogP contribution in [0.3, 0.4) is 0 Å². The zero-order valence-corrected chi connectivity index (χ0v) is 25.1. The molecule has 1 aliphatic carbocycles. The summed E-state index contributed by atoms with van der Waals surface area (Å²) in [5.74, 6) is 0. The zero-order valence-electron chi connectivity index (χ0n) is 24.3. The van der Waals surface area contributed by atoms with Crippen molar-refractivity contribution >= 4 is 21.4 Å². The lowest BCUT2D eigenvalue weighted by molar-refractivity contribution is 0.117. The van der Waals surface area contributed by atoms with Crippen LogP contribution in [0, 0.1) is 6.92 Å². The molecular formula is C34H38N4O3S. The van der Waals surface area contributed by atoms with Crippen molar-refractivity contribution in [3.63, 3.8) is 0 Å². The van der Waals surface area contributed by atoms with Crippen molar-refractivity contribution < 1.29 is 13.2 Å². The minimum atomic E-state index is -3.76. The molecule has 3 heterocycles. The van der Waals surface area contributed by atoms with Gasteiger partial charge in [-0.1, -0.05) is 66.2 Å². The Hall–Kier alpha value is -3.62. The van der Waals surface area contributed by atoms with E-state index in [2.05, 4.69) is 64.5 Å². The van der Waals surface area contributed by atoms with Crippen molar-refractivity contribution in [1.82, 2.24) is 9.31 Å². The molecule has 0 amide bonds. The average molecular weight is 583 g/mol. The first kappa shape index (κ1) is 27.2. The molecule has 42 heavy (non-hydrogen) atoms. The Morgan fingerprint density at radius 2 is 1.74 bits per heavy atom. The molecule has 4 aliphatic rings. The number of sulfonamides is 1. The Kier molecular flexibility index (Phi) is 6.86. The highest BCUT2D eigenvalue weighted by molar-refractivity contribution is 7.89. The molecule has 7 nitrogen and oxygen atoms in total. The Morgan fingerprint density at radius 3 is 2.52 bits per heavy atom. The van der Waals surface area contributed by atoms with E-state index in [4.69, 9.17) is 9.84 Å². The van der Waals surface area contributed by atoms with E-state index < -0.39 is 15.4 Å². The second-order valence-corrected chi connectivity index (χ2v) is 13.9. The van der Waals surface area contributed by atoms with Crippen molar-refractivity contribution in [2.75, 3.05) is 31.7 Å². The maximum atomic E-state index is 14.3. The molecule has 0 saturated carbocycles. The van der Waals surface area contributed by atoms with Crippen LogP contribution in [0.15, 0.2) is 101 Å². The highest BCUT2D eigenvalue weighted by atomic mass is 32.2. The van der Waals surface area contributed by atoms with Gasteiger partial charge in [0.15, 0.2) is 0 Å². The van der Waals surface area contributed by atoms with Crippen LogP contribution in [0.25, 0.3) is 0 Å². The molecule has 1 spiro atoms. The molecule has 0 N–H and O–H groups in total. The van der Waals surface area contributed by atoms with Crippen molar-refractivity contribution in [2.24, 2.45) is 5.10 Å². The fourth-order valence-electron chi connectivity index (χ4n) is 7.58. The number of aryl methyl sites for hydroxylation is 1. The van der Waals surface area contributed by atoms with Gasteiger partial charge in [-0.3, -0.25) is 9.31 Å². The van der Waals surface area contributed by atoms with Crippen LogP contribution >= 0.6 is 0 Å². The second-order valence-electron chi connectivity index (χ2n) is 12.0. The van der Waals surface area contributed by atoms with Crippen molar-refractivity contribution in [3.05, 3.63) is 107 Å². The van der Waals surface area contributed by atoms with Gasteiger partial charge >= 0.3 is 0 Å². The quantitative estimate of drug-likeness (QED) is 0.370. The first-order valence-electron chi connectivity index (χ1n) is 15.0. The number of allylic oxidation sites excluding steroid dienone is 1. The van der Waals surface area contributed by atoms with Gasteiger partial charge in [-0.05, 0) is 61.6 Å². The highest BCUT2D eigenvalue weighted by Crippen LogP contribution is 2.59. The molecule has 7 rings (SSSR count).